The Kier molecular flexibility index (Phi) is 3.18. The maximum absolute atomic E-state index is 12.4. The van der Waals surface area contributed by atoms with Crippen molar-refractivity contribution in [2.75, 3.05) is 0 Å². The fourth-order valence-corrected chi connectivity index (χ4v) is 1.56. The Morgan fingerprint density at radius 2 is 1.89 bits per heavy atom. The lowest BCUT2D eigenvalue weighted by Crippen LogP contribution is -2.06. The molecule has 1 aromatic carbocycles. The van der Waals surface area contributed by atoms with E-state index in [1.807, 2.05) is 0 Å². The first kappa shape index (κ1) is 12.3. The van der Waals surface area contributed by atoms with Gasteiger partial charge in [0, 0.05) is 6.54 Å². The van der Waals surface area contributed by atoms with Gasteiger partial charge in [0.05, 0.1) is 18.1 Å². The second-order valence-electron chi connectivity index (χ2n) is 3.76. The summed E-state index contributed by atoms with van der Waals surface area (Å²) in [6, 6.07) is 4.81. The van der Waals surface area contributed by atoms with E-state index in [0.29, 0.717) is 24.1 Å². The van der Waals surface area contributed by atoms with E-state index < -0.39 is 11.7 Å². The number of imidazole rings is 1. The molecule has 1 aromatic heterocycles. The van der Waals surface area contributed by atoms with Crippen LogP contribution in [-0.4, -0.2) is 15.8 Å². The number of hydrogen-bond donors (Lipinski definition) is 0. The van der Waals surface area contributed by atoms with Crippen molar-refractivity contribution >= 4 is 6.29 Å². The van der Waals surface area contributed by atoms with Crippen molar-refractivity contribution in [3.8, 4) is 0 Å². The van der Waals surface area contributed by atoms with Crippen molar-refractivity contribution in [1.29, 1.82) is 0 Å². The van der Waals surface area contributed by atoms with Gasteiger partial charge in [-0.3, -0.25) is 4.79 Å². The molecule has 2 aromatic rings. The Bertz CT molecular complexity index is 543. The first-order chi connectivity index (χ1) is 8.50. The van der Waals surface area contributed by atoms with Crippen LogP contribution in [0.2, 0.25) is 0 Å². The van der Waals surface area contributed by atoms with E-state index in [1.54, 1.807) is 4.57 Å². The summed E-state index contributed by atoms with van der Waals surface area (Å²) in [4.78, 5) is 14.5. The lowest BCUT2D eigenvalue weighted by Gasteiger charge is -2.08. The minimum atomic E-state index is -4.33. The van der Waals surface area contributed by atoms with E-state index in [-0.39, 0.29) is 0 Å². The predicted octanol–water partition coefficient (Wildman–Crippen LogP) is 2.76. The molecule has 0 aliphatic carbocycles. The molecule has 0 fully saturated rings. The van der Waals surface area contributed by atoms with Crippen LogP contribution in [0.15, 0.2) is 36.8 Å². The number of carbonyl (C=O) groups excluding carboxylic acids is 1. The summed E-state index contributed by atoms with van der Waals surface area (Å²) < 4.78 is 38.6. The summed E-state index contributed by atoms with van der Waals surface area (Å²) in [6.07, 6.45) is -0.822. The fourth-order valence-electron chi connectivity index (χ4n) is 1.56. The number of alkyl halides is 3. The number of benzene rings is 1. The molecule has 0 amide bonds. The fraction of sp³-hybridized carbons (Fsp3) is 0.167. The minimum Gasteiger partial charge on any atom is -0.324 e. The van der Waals surface area contributed by atoms with Gasteiger partial charge in [-0.05, 0) is 17.7 Å². The molecule has 0 aliphatic rings. The molecule has 0 spiro atoms. The van der Waals surface area contributed by atoms with Gasteiger partial charge in [-0.15, -0.1) is 0 Å². The van der Waals surface area contributed by atoms with Crippen molar-refractivity contribution < 1.29 is 18.0 Å². The molecule has 0 unspecified atom stereocenters. The average Bonchev–Trinajstić information content (AvgIpc) is 2.76. The van der Waals surface area contributed by atoms with E-state index >= 15 is 0 Å². The molecule has 94 valence electrons. The Labute approximate surface area is 101 Å². The van der Waals surface area contributed by atoms with Crippen molar-refractivity contribution in [3.05, 3.63) is 53.6 Å². The number of halogens is 3. The number of carbonyl (C=O) groups is 1. The first-order valence-corrected chi connectivity index (χ1v) is 5.12. The maximum Gasteiger partial charge on any atom is 0.416 e. The Morgan fingerprint density at radius 3 is 2.44 bits per heavy atom. The molecular formula is C12H9F3N2O. The van der Waals surface area contributed by atoms with Crippen molar-refractivity contribution in [3.63, 3.8) is 0 Å². The highest BCUT2D eigenvalue weighted by Crippen LogP contribution is 2.29. The standard InChI is InChI=1S/C12H9F3N2O/c13-12(14,15)10-3-1-9(2-4-10)6-17-8-16-5-11(17)7-18/h1-5,7-8H,6H2. The van der Waals surface area contributed by atoms with Gasteiger partial charge in [-0.2, -0.15) is 13.2 Å². The molecule has 0 N–H and O–H groups in total. The third kappa shape index (κ3) is 2.58. The molecule has 18 heavy (non-hydrogen) atoms. The van der Waals surface area contributed by atoms with Crippen LogP contribution in [-0.2, 0) is 12.7 Å². The molecule has 3 nitrogen and oxygen atoms in total. The Morgan fingerprint density at radius 1 is 1.22 bits per heavy atom. The monoisotopic (exact) mass is 254 g/mol. The number of nitrogens with zero attached hydrogens (tertiary/aromatic N) is 2. The Balaban J connectivity index is 2.19. The highest BCUT2D eigenvalue weighted by Gasteiger charge is 2.29. The summed E-state index contributed by atoms with van der Waals surface area (Å²) in [5, 5.41) is 0. The molecular weight excluding hydrogens is 245 g/mol. The normalized spacial score (nSPS) is 11.5. The Hall–Kier alpha value is -2.11. The van der Waals surface area contributed by atoms with E-state index in [0.717, 1.165) is 12.1 Å². The van der Waals surface area contributed by atoms with Crippen molar-refractivity contribution in [2.24, 2.45) is 0 Å². The summed E-state index contributed by atoms with van der Waals surface area (Å²) in [5.41, 5.74) is 0.367. The lowest BCUT2D eigenvalue weighted by atomic mass is 10.1. The van der Waals surface area contributed by atoms with Gasteiger partial charge >= 0.3 is 6.18 Å². The van der Waals surface area contributed by atoms with Crippen LogP contribution in [0.1, 0.15) is 21.6 Å². The van der Waals surface area contributed by atoms with Crippen LogP contribution in [0.25, 0.3) is 0 Å². The molecule has 0 saturated carbocycles. The molecule has 0 radical (unpaired) electrons. The summed E-state index contributed by atoms with van der Waals surface area (Å²) in [6.45, 7) is 0.312. The molecule has 0 saturated heterocycles. The highest BCUT2D eigenvalue weighted by atomic mass is 19.4. The second-order valence-corrected chi connectivity index (χ2v) is 3.76. The topological polar surface area (TPSA) is 34.9 Å². The minimum absolute atomic E-state index is 0.312. The smallest absolute Gasteiger partial charge is 0.324 e. The number of rotatable bonds is 3. The van der Waals surface area contributed by atoms with Gasteiger partial charge in [0.2, 0.25) is 0 Å². The number of hydrogen-bond acceptors (Lipinski definition) is 2. The van der Waals surface area contributed by atoms with Gasteiger partial charge in [-0.1, -0.05) is 12.1 Å². The van der Waals surface area contributed by atoms with Crippen LogP contribution in [0.3, 0.4) is 0 Å². The molecule has 1 heterocycles. The van der Waals surface area contributed by atoms with E-state index in [2.05, 4.69) is 4.98 Å². The SMILES string of the molecule is O=Cc1cncn1Cc1ccc(C(F)(F)F)cc1. The summed E-state index contributed by atoms with van der Waals surface area (Å²) in [7, 11) is 0. The van der Waals surface area contributed by atoms with Gasteiger partial charge in [0.15, 0.2) is 6.29 Å². The van der Waals surface area contributed by atoms with Crippen LogP contribution in [0, 0.1) is 0 Å². The van der Waals surface area contributed by atoms with Gasteiger partial charge in [-0.25, -0.2) is 4.98 Å². The zero-order valence-electron chi connectivity index (χ0n) is 9.19. The van der Waals surface area contributed by atoms with E-state index in [1.165, 1.54) is 24.7 Å². The van der Waals surface area contributed by atoms with Crippen LogP contribution in [0.4, 0.5) is 13.2 Å². The van der Waals surface area contributed by atoms with E-state index in [4.69, 9.17) is 0 Å². The van der Waals surface area contributed by atoms with Gasteiger partial charge < -0.3 is 4.57 Å². The van der Waals surface area contributed by atoms with E-state index in [9.17, 15) is 18.0 Å². The van der Waals surface area contributed by atoms with Crippen LogP contribution >= 0.6 is 0 Å². The molecule has 0 aliphatic heterocycles. The zero-order chi connectivity index (χ0) is 13.2. The van der Waals surface area contributed by atoms with Gasteiger partial charge in [0.1, 0.15) is 5.69 Å². The number of aromatic nitrogens is 2. The number of aldehydes is 1. The van der Waals surface area contributed by atoms with Crippen LogP contribution < -0.4 is 0 Å². The quantitative estimate of drug-likeness (QED) is 0.789. The average molecular weight is 254 g/mol. The third-order valence-corrected chi connectivity index (χ3v) is 2.50. The summed E-state index contributed by atoms with van der Waals surface area (Å²) in [5.74, 6) is 0. The lowest BCUT2D eigenvalue weighted by molar-refractivity contribution is -0.137. The second kappa shape index (κ2) is 4.64. The molecule has 6 heteroatoms. The molecule has 0 atom stereocenters. The summed E-state index contributed by atoms with van der Waals surface area (Å²) >= 11 is 0. The van der Waals surface area contributed by atoms with Crippen molar-refractivity contribution in [2.45, 2.75) is 12.7 Å². The largest absolute Gasteiger partial charge is 0.416 e. The third-order valence-electron chi connectivity index (χ3n) is 2.50. The zero-order valence-corrected chi connectivity index (χ0v) is 9.19. The first-order valence-electron chi connectivity index (χ1n) is 5.12. The molecule has 0 bridgehead atoms. The van der Waals surface area contributed by atoms with Gasteiger partial charge in [0.25, 0.3) is 0 Å². The van der Waals surface area contributed by atoms with Crippen LogP contribution in [0.5, 0.6) is 0 Å². The van der Waals surface area contributed by atoms with Crippen molar-refractivity contribution in [1.82, 2.24) is 9.55 Å². The molecule has 2 rings (SSSR count). The maximum atomic E-state index is 12.4. The predicted molar refractivity (Wildman–Crippen MR) is 58.2 cm³/mol. The highest BCUT2D eigenvalue weighted by molar-refractivity contribution is 5.71.